The van der Waals surface area contributed by atoms with Gasteiger partial charge in [-0.05, 0) is 26.0 Å². The van der Waals surface area contributed by atoms with E-state index >= 15 is 0 Å². The van der Waals surface area contributed by atoms with Gasteiger partial charge >= 0.3 is 5.97 Å². The van der Waals surface area contributed by atoms with Crippen LogP contribution in [-0.4, -0.2) is 31.6 Å². The molecule has 1 aromatic carbocycles. The van der Waals surface area contributed by atoms with Gasteiger partial charge in [0.1, 0.15) is 0 Å². The fraction of sp³-hybridized carbons (Fsp3) is 0.385. The fourth-order valence-corrected chi connectivity index (χ4v) is 1.47. The number of nitrogens with one attached hydrogen (secondary N) is 2. The Morgan fingerprint density at radius 3 is 2.56 bits per heavy atom. The molecule has 2 N–H and O–H groups in total. The second kappa shape index (κ2) is 6.64. The van der Waals surface area contributed by atoms with Crippen molar-refractivity contribution in [2.75, 3.05) is 19.0 Å². The fourth-order valence-electron chi connectivity index (χ4n) is 1.47. The van der Waals surface area contributed by atoms with Crippen molar-refractivity contribution in [3.05, 3.63) is 29.8 Å². The Morgan fingerprint density at radius 1 is 1.28 bits per heavy atom. The van der Waals surface area contributed by atoms with Crippen LogP contribution in [0.15, 0.2) is 24.3 Å². The molecule has 0 heterocycles. The molecule has 98 valence electrons. The van der Waals surface area contributed by atoms with Gasteiger partial charge in [0.2, 0.25) is 5.91 Å². The smallest absolute Gasteiger partial charge is 0.339 e. The number of amides is 1. The van der Waals surface area contributed by atoms with Crippen molar-refractivity contribution >= 4 is 17.6 Å². The average Bonchev–Trinajstić information content (AvgIpc) is 2.35. The SMILES string of the molecule is COC(=O)c1ccccc1NCC(=O)NC(C)C. The van der Waals surface area contributed by atoms with Gasteiger partial charge < -0.3 is 15.4 Å². The minimum absolute atomic E-state index is 0.0927. The maximum atomic E-state index is 11.5. The Morgan fingerprint density at radius 2 is 1.94 bits per heavy atom. The molecule has 0 aliphatic rings. The molecule has 1 amide bonds. The molecular formula is C13H18N2O3. The van der Waals surface area contributed by atoms with Gasteiger partial charge in [0.05, 0.1) is 19.2 Å². The summed E-state index contributed by atoms with van der Waals surface area (Å²) >= 11 is 0. The summed E-state index contributed by atoms with van der Waals surface area (Å²) in [4.78, 5) is 23.0. The quantitative estimate of drug-likeness (QED) is 0.775. The topological polar surface area (TPSA) is 67.4 Å². The first-order chi connectivity index (χ1) is 8.54. The predicted molar refractivity (Wildman–Crippen MR) is 69.5 cm³/mol. The third kappa shape index (κ3) is 4.08. The van der Waals surface area contributed by atoms with Crippen molar-refractivity contribution in [1.29, 1.82) is 0 Å². The number of benzene rings is 1. The number of carbonyl (C=O) groups is 2. The van der Waals surface area contributed by atoms with E-state index in [1.807, 2.05) is 13.8 Å². The second-order valence-electron chi connectivity index (χ2n) is 4.11. The lowest BCUT2D eigenvalue weighted by Gasteiger charge is -2.12. The van der Waals surface area contributed by atoms with E-state index in [1.54, 1.807) is 24.3 Å². The maximum absolute atomic E-state index is 11.5. The van der Waals surface area contributed by atoms with E-state index in [0.29, 0.717) is 11.3 Å². The van der Waals surface area contributed by atoms with Crippen LogP contribution in [0, 0.1) is 0 Å². The molecule has 0 spiro atoms. The van der Waals surface area contributed by atoms with Crippen LogP contribution in [0.25, 0.3) is 0 Å². The number of rotatable bonds is 5. The van der Waals surface area contributed by atoms with Gasteiger partial charge in [0.15, 0.2) is 0 Å². The van der Waals surface area contributed by atoms with Gasteiger partial charge in [0.25, 0.3) is 0 Å². The van der Waals surface area contributed by atoms with Gasteiger partial charge in [-0.3, -0.25) is 4.79 Å². The number of anilines is 1. The third-order valence-corrected chi connectivity index (χ3v) is 2.22. The average molecular weight is 250 g/mol. The highest BCUT2D eigenvalue weighted by molar-refractivity contribution is 5.96. The van der Waals surface area contributed by atoms with Gasteiger partial charge in [-0.25, -0.2) is 4.79 Å². The van der Waals surface area contributed by atoms with Gasteiger partial charge in [0, 0.05) is 11.7 Å². The molecular weight excluding hydrogens is 232 g/mol. The maximum Gasteiger partial charge on any atom is 0.339 e. The molecule has 0 aliphatic heterocycles. The molecule has 1 rings (SSSR count). The first kappa shape index (κ1) is 14.0. The molecule has 0 bridgehead atoms. The van der Waals surface area contributed by atoms with E-state index < -0.39 is 5.97 Å². The highest BCUT2D eigenvalue weighted by Gasteiger charge is 2.11. The van der Waals surface area contributed by atoms with E-state index in [0.717, 1.165) is 0 Å². The highest BCUT2D eigenvalue weighted by atomic mass is 16.5. The Hall–Kier alpha value is -2.04. The standard InChI is InChI=1S/C13H18N2O3/c1-9(2)15-12(16)8-14-11-7-5-4-6-10(11)13(17)18-3/h4-7,9,14H,8H2,1-3H3,(H,15,16). The molecule has 0 unspecified atom stereocenters. The van der Waals surface area contributed by atoms with E-state index in [4.69, 9.17) is 0 Å². The number of hydrogen-bond acceptors (Lipinski definition) is 4. The summed E-state index contributed by atoms with van der Waals surface area (Å²) in [5.74, 6) is -0.549. The number of para-hydroxylation sites is 1. The van der Waals surface area contributed by atoms with Crippen molar-refractivity contribution < 1.29 is 14.3 Å². The summed E-state index contributed by atoms with van der Waals surface area (Å²) in [7, 11) is 1.32. The molecule has 1 aromatic rings. The Labute approximate surface area is 107 Å². The zero-order valence-corrected chi connectivity index (χ0v) is 10.8. The van der Waals surface area contributed by atoms with Crippen molar-refractivity contribution in [1.82, 2.24) is 5.32 Å². The van der Waals surface area contributed by atoms with Crippen molar-refractivity contribution in [2.45, 2.75) is 19.9 Å². The minimum Gasteiger partial charge on any atom is -0.465 e. The zero-order chi connectivity index (χ0) is 13.5. The first-order valence-electron chi connectivity index (χ1n) is 5.75. The molecule has 0 radical (unpaired) electrons. The lowest BCUT2D eigenvalue weighted by molar-refractivity contribution is -0.119. The molecule has 0 atom stereocenters. The molecule has 0 saturated heterocycles. The minimum atomic E-state index is -0.428. The molecule has 5 heteroatoms. The van der Waals surface area contributed by atoms with Crippen LogP contribution in [0.4, 0.5) is 5.69 Å². The van der Waals surface area contributed by atoms with Crippen LogP contribution in [0.1, 0.15) is 24.2 Å². The summed E-state index contributed by atoms with van der Waals surface area (Å²) < 4.78 is 4.67. The van der Waals surface area contributed by atoms with Crippen molar-refractivity contribution in [3.63, 3.8) is 0 Å². The molecule has 0 aromatic heterocycles. The number of methoxy groups -OCH3 is 1. The molecule has 0 saturated carbocycles. The highest BCUT2D eigenvalue weighted by Crippen LogP contribution is 2.15. The van der Waals surface area contributed by atoms with Crippen LogP contribution in [-0.2, 0) is 9.53 Å². The lowest BCUT2D eigenvalue weighted by atomic mass is 10.2. The number of carbonyl (C=O) groups excluding carboxylic acids is 2. The van der Waals surface area contributed by atoms with Crippen molar-refractivity contribution in [2.24, 2.45) is 0 Å². The van der Waals surface area contributed by atoms with Crippen molar-refractivity contribution in [3.8, 4) is 0 Å². The summed E-state index contributed by atoms with van der Waals surface area (Å²) in [6.45, 7) is 3.90. The third-order valence-electron chi connectivity index (χ3n) is 2.22. The molecule has 5 nitrogen and oxygen atoms in total. The Bertz CT molecular complexity index is 430. The molecule has 0 fully saturated rings. The Balaban J connectivity index is 2.67. The Kier molecular flexibility index (Phi) is 5.17. The van der Waals surface area contributed by atoms with Gasteiger partial charge in [-0.2, -0.15) is 0 Å². The van der Waals surface area contributed by atoms with E-state index in [1.165, 1.54) is 7.11 Å². The van der Waals surface area contributed by atoms with Crippen LogP contribution in [0.3, 0.4) is 0 Å². The summed E-state index contributed by atoms with van der Waals surface area (Å²) in [6, 6.07) is 7.00. The van der Waals surface area contributed by atoms with E-state index in [2.05, 4.69) is 15.4 Å². The molecule has 0 aliphatic carbocycles. The van der Waals surface area contributed by atoms with Gasteiger partial charge in [-0.1, -0.05) is 12.1 Å². The zero-order valence-electron chi connectivity index (χ0n) is 10.8. The molecule has 18 heavy (non-hydrogen) atoms. The van der Waals surface area contributed by atoms with Crippen LogP contribution in [0.2, 0.25) is 0 Å². The monoisotopic (exact) mass is 250 g/mol. The van der Waals surface area contributed by atoms with Gasteiger partial charge in [-0.15, -0.1) is 0 Å². The first-order valence-corrected chi connectivity index (χ1v) is 5.75. The summed E-state index contributed by atoms with van der Waals surface area (Å²) in [5.41, 5.74) is 1.00. The lowest BCUT2D eigenvalue weighted by Crippen LogP contribution is -2.35. The van der Waals surface area contributed by atoms with Crippen LogP contribution >= 0.6 is 0 Å². The summed E-state index contributed by atoms with van der Waals surface area (Å²) in [6.07, 6.45) is 0. The normalized spacial score (nSPS) is 10.0. The number of hydrogen-bond donors (Lipinski definition) is 2. The number of ether oxygens (including phenoxy) is 1. The predicted octanol–water partition coefficient (Wildman–Crippen LogP) is 1.41. The van der Waals surface area contributed by atoms with Crippen LogP contribution < -0.4 is 10.6 Å². The second-order valence-corrected chi connectivity index (χ2v) is 4.11. The van der Waals surface area contributed by atoms with E-state index in [-0.39, 0.29) is 18.5 Å². The van der Waals surface area contributed by atoms with Crippen LogP contribution in [0.5, 0.6) is 0 Å². The summed E-state index contributed by atoms with van der Waals surface area (Å²) in [5, 5.41) is 5.68. The largest absolute Gasteiger partial charge is 0.465 e. The number of esters is 1. The van der Waals surface area contributed by atoms with E-state index in [9.17, 15) is 9.59 Å².